The molecular formula is C22H26N4O3S. The minimum Gasteiger partial charge on any atom is -0.497 e. The molecule has 0 aliphatic heterocycles. The second-order valence-electron chi connectivity index (χ2n) is 7.86. The van der Waals surface area contributed by atoms with E-state index in [0.717, 1.165) is 0 Å². The molecule has 8 heteroatoms. The zero-order valence-corrected chi connectivity index (χ0v) is 18.9. The molecular weight excluding hydrogens is 400 g/mol. The first-order valence-corrected chi connectivity index (χ1v) is 10.4. The van der Waals surface area contributed by atoms with Gasteiger partial charge in [-0.1, -0.05) is 56.8 Å². The smallest absolute Gasteiger partial charge is 0.214 e. The van der Waals surface area contributed by atoms with Crippen molar-refractivity contribution in [2.24, 2.45) is 0 Å². The molecule has 0 saturated heterocycles. The largest absolute Gasteiger partial charge is 0.497 e. The van der Waals surface area contributed by atoms with E-state index in [0.29, 0.717) is 27.9 Å². The van der Waals surface area contributed by atoms with E-state index in [2.05, 4.69) is 36.3 Å². The molecule has 1 aromatic heterocycles. The van der Waals surface area contributed by atoms with Crippen molar-refractivity contribution in [3.63, 3.8) is 0 Å². The lowest BCUT2D eigenvalue weighted by Gasteiger charge is -2.19. The summed E-state index contributed by atoms with van der Waals surface area (Å²) in [6.07, 6.45) is 0. The maximum Gasteiger partial charge on any atom is 0.214 e. The number of methoxy groups -OCH3 is 2. The number of hydrogen-bond donors (Lipinski definition) is 0. The van der Waals surface area contributed by atoms with Crippen LogP contribution in [0.3, 0.4) is 0 Å². The molecule has 0 aliphatic carbocycles. The van der Waals surface area contributed by atoms with Crippen LogP contribution in [0.15, 0.2) is 47.6 Å². The highest BCUT2D eigenvalue weighted by atomic mass is 32.2. The number of nitrogens with zero attached hydrogens (tertiary/aromatic N) is 4. The van der Waals surface area contributed by atoms with E-state index in [1.54, 1.807) is 37.1 Å². The van der Waals surface area contributed by atoms with E-state index >= 15 is 0 Å². The Hall–Kier alpha value is -2.87. The summed E-state index contributed by atoms with van der Waals surface area (Å²) in [5.74, 6) is 1.27. The van der Waals surface area contributed by atoms with Gasteiger partial charge in [-0.3, -0.25) is 4.79 Å². The Labute approximate surface area is 180 Å². The first kappa shape index (κ1) is 21.8. The fraction of sp³-hybridized carbons (Fsp3) is 0.364. The Morgan fingerprint density at radius 2 is 1.77 bits per heavy atom. The van der Waals surface area contributed by atoms with E-state index in [-0.39, 0.29) is 16.4 Å². The third-order valence-corrected chi connectivity index (χ3v) is 5.77. The Morgan fingerprint density at radius 3 is 2.37 bits per heavy atom. The van der Waals surface area contributed by atoms with Gasteiger partial charge in [-0.15, -0.1) is 5.10 Å². The Bertz CT molecular complexity index is 1030. The number of hydrogen-bond acceptors (Lipinski definition) is 7. The topological polar surface area (TPSA) is 79.1 Å². The van der Waals surface area contributed by atoms with Gasteiger partial charge in [0.25, 0.3) is 0 Å². The number of Topliss-reactive ketones (excluding diaryl/α,β-unsaturated/α-hetero) is 1. The van der Waals surface area contributed by atoms with Gasteiger partial charge in [0.05, 0.1) is 19.5 Å². The summed E-state index contributed by atoms with van der Waals surface area (Å²) in [5.41, 5.74) is 2.53. The lowest BCUT2D eigenvalue weighted by Crippen LogP contribution is -2.16. The molecule has 0 bridgehead atoms. The minimum atomic E-state index is -0.369. The van der Waals surface area contributed by atoms with Crippen LogP contribution in [0.1, 0.15) is 43.6 Å². The van der Waals surface area contributed by atoms with Crippen LogP contribution in [-0.2, 0) is 5.41 Å². The molecule has 0 aliphatic rings. The van der Waals surface area contributed by atoms with E-state index in [1.165, 1.54) is 17.3 Å². The number of carbonyl (C=O) groups is 1. The van der Waals surface area contributed by atoms with Crippen LogP contribution in [0.25, 0.3) is 5.69 Å². The van der Waals surface area contributed by atoms with Crippen molar-refractivity contribution in [1.29, 1.82) is 0 Å². The lowest BCUT2D eigenvalue weighted by atomic mass is 9.86. The molecule has 3 aromatic rings. The van der Waals surface area contributed by atoms with Crippen LogP contribution >= 0.6 is 11.8 Å². The molecule has 2 aromatic carbocycles. The summed E-state index contributed by atoms with van der Waals surface area (Å²) >= 11 is 1.30. The number of aromatic nitrogens is 4. The summed E-state index contributed by atoms with van der Waals surface area (Å²) in [6, 6.07) is 13.2. The molecule has 158 valence electrons. The van der Waals surface area contributed by atoms with E-state index in [1.807, 2.05) is 31.2 Å². The van der Waals surface area contributed by atoms with Crippen molar-refractivity contribution < 1.29 is 14.3 Å². The highest BCUT2D eigenvalue weighted by Crippen LogP contribution is 2.32. The molecule has 0 amide bonds. The molecule has 1 heterocycles. The van der Waals surface area contributed by atoms with Crippen molar-refractivity contribution in [3.05, 3.63) is 53.6 Å². The molecule has 3 rings (SSSR count). The number of carbonyl (C=O) groups excluding carboxylic acids is 1. The highest BCUT2D eigenvalue weighted by Gasteiger charge is 2.23. The lowest BCUT2D eigenvalue weighted by molar-refractivity contribution is 0.0994. The maximum absolute atomic E-state index is 13.0. The summed E-state index contributed by atoms with van der Waals surface area (Å²) in [4.78, 5) is 13.0. The van der Waals surface area contributed by atoms with Gasteiger partial charge in [0, 0.05) is 11.6 Å². The van der Waals surface area contributed by atoms with Crippen LogP contribution in [0.4, 0.5) is 0 Å². The monoisotopic (exact) mass is 426 g/mol. The Morgan fingerprint density at radius 1 is 1.07 bits per heavy atom. The average Bonchev–Trinajstić information content (AvgIpc) is 3.20. The highest BCUT2D eigenvalue weighted by molar-refractivity contribution is 8.00. The summed E-state index contributed by atoms with van der Waals surface area (Å²) < 4.78 is 12.3. The van der Waals surface area contributed by atoms with Gasteiger partial charge in [0.2, 0.25) is 5.16 Å². The molecule has 30 heavy (non-hydrogen) atoms. The summed E-state index contributed by atoms with van der Waals surface area (Å²) in [6.45, 7) is 8.30. The maximum atomic E-state index is 13.0. The molecule has 1 unspecified atom stereocenters. The van der Waals surface area contributed by atoms with E-state index in [9.17, 15) is 4.79 Å². The van der Waals surface area contributed by atoms with Crippen LogP contribution in [0, 0.1) is 0 Å². The van der Waals surface area contributed by atoms with Crippen molar-refractivity contribution in [2.45, 2.75) is 43.5 Å². The van der Waals surface area contributed by atoms with E-state index in [4.69, 9.17) is 9.47 Å². The fourth-order valence-electron chi connectivity index (χ4n) is 2.95. The first-order chi connectivity index (χ1) is 14.2. The quantitative estimate of drug-likeness (QED) is 0.411. The number of ether oxygens (including phenoxy) is 2. The third kappa shape index (κ3) is 4.64. The van der Waals surface area contributed by atoms with Crippen molar-refractivity contribution >= 4 is 17.5 Å². The molecule has 1 atom stereocenters. The number of tetrazole rings is 1. The summed E-state index contributed by atoms with van der Waals surface area (Å²) in [5, 5.41) is 12.1. The number of benzene rings is 2. The number of rotatable bonds is 7. The fourth-order valence-corrected chi connectivity index (χ4v) is 3.82. The first-order valence-electron chi connectivity index (χ1n) is 9.56. The third-order valence-electron chi connectivity index (χ3n) is 4.74. The van der Waals surface area contributed by atoms with Crippen molar-refractivity contribution in [2.75, 3.05) is 14.2 Å². The van der Waals surface area contributed by atoms with Crippen LogP contribution in [0.5, 0.6) is 11.5 Å². The molecule has 7 nitrogen and oxygen atoms in total. The van der Waals surface area contributed by atoms with E-state index < -0.39 is 0 Å². The van der Waals surface area contributed by atoms with Crippen molar-refractivity contribution in [3.8, 4) is 17.2 Å². The van der Waals surface area contributed by atoms with Gasteiger partial charge in [-0.25, -0.2) is 0 Å². The zero-order valence-electron chi connectivity index (χ0n) is 18.0. The second-order valence-corrected chi connectivity index (χ2v) is 9.17. The van der Waals surface area contributed by atoms with Crippen LogP contribution in [-0.4, -0.2) is 45.5 Å². The van der Waals surface area contributed by atoms with Gasteiger partial charge in [0.1, 0.15) is 17.2 Å². The summed E-state index contributed by atoms with van der Waals surface area (Å²) in [7, 11) is 3.17. The zero-order chi connectivity index (χ0) is 21.9. The van der Waals surface area contributed by atoms with Crippen LogP contribution < -0.4 is 9.47 Å². The average molecular weight is 427 g/mol. The molecule has 0 spiro atoms. The number of thioether (sulfide) groups is 1. The normalized spacial score (nSPS) is 12.5. The Balaban J connectivity index is 1.83. The second kappa shape index (κ2) is 8.87. The molecule has 0 radical (unpaired) electrons. The van der Waals surface area contributed by atoms with Gasteiger partial charge >= 0.3 is 0 Å². The predicted molar refractivity (Wildman–Crippen MR) is 117 cm³/mol. The van der Waals surface area contributed by atoms with Gasteiger partial charge in [-0.2, -0.15) is 4.68 Å². The van der Waals surface area contributed by atoms with Crippen molar-refractivity contribution in [1.82, 2.24) is 20.2 Å². The number of ketones is 1. The van der Waals surface area contributed by atoms with Gasteiger partial charge < -0.3 is 9.47 Å². The SMILES string of the molecule is COc1ccc(OC)c(-n2nnnc2SC(C)C(=O)c2ccc(C(C)(C)C)cc2)c1. The Kier molecular flexibility index (Phi) is 6.45. The minimum absolute atomic E-state index is 0.0209. The molecule has 0 fully saturated rings. The van der Waals surface area contributed by atoms with Gasteiger partial charge in [0.15, 0.2) is 5.78 Å². The standard InChI is InChI=1S/C22H26N4O3S/c1-14(20(27)15-7-9-16(10-8-15)22(2,3)4)30-21-23-24-25-26(21)18-13-17(28-5)11-12-19(18)29-6/h7-14H,1-6H3. The van der Waals surface area contributed by atoms with Crippen LogP contribution in [0.2, 0.25) is 0 Å². The van der Waals surface area contributed by atoms with Gasteiger partial charge in [-0.05, 0) is 40.5 Å². The molecule has 0 N–H and O–H groups in total. The predicted octanol–water partition coefficient (Wildman–Crippen LogP) is 4.34. The molecule has 0 saturated carbocycles.